The molecule has 7 heteroatoms. The van der Waals surface area contributed by atoms with Gasteiger partial charge in [-0.25, -0.2) is 4.98 Å². The van der Waals surface area contributed by atoms with E-state index in [1.807, 2.05) is 61.5 Å². The zero-order chi connectivity index (χ0) is 22.3. The van der Waals surface area contributed by atoms with Crippen LogP contribution in [0.1, 0.15) is 47.7 Å². The molecule has 4 aromatic rings. The third kappa shape index (κ3) is 3.96. The van der Waals surface area contributed by atoms with Crippen molar-refractivity contribution in [2.45, 2.75) is 38.8 Å². The Hall–Kier alpha value is -3.32. The fourth-order valence-corrected chi connectivity index (χ4v) is 4.79. The molecular weight excluding hydrogens is 422 g/mol. The van der Waals surface area contributed by atoms with Crippen LogP contribution in [-0.4, -0.2) is 15.8 Å². The Morgan fingerprint density at radius 1 is 1.06 bits per heavy atom. The maximum absolute atomic E-state index is 13.1. The molecule has 0 atom stereocenters. The summed E-state index contributed by atoms with van der Waals surface area (Å²) in [6, 6.07) is 17.3. The standard InChI is InChI=1S/C25H23N3O3S/c1-15-21-18(28-27-16-9-5-4-6-10-16)13-25(2,3)14-20(21)30-22(15)23(29)32-24-26-17-11-7-8-12-19(17)31-24/h4-12,27H,13-14H2,1-3H3/b28-18-. The van der Waals surface area contributed by atoms with Crippen LogP contribution in [0.15, 0.2) is 73.8 Å². The lowest BCUT2D eigenvalue weighted by molar-refractivity contribution is 0.106. The van der Waals surface area contributed by atoms with E-state index in [2.05, 4.69) is 24.3 Å². The van der Waals surface area contributed by atoms with Crippen molar-refractivity contribution in [1.29, 1.82) is 0 Å². The van der Waals surface area contributed by atoms with E-state index in [1.54, 1.807) is 0 Å². The molecule has 1 aliphatic carbocycles. The minimum absolute atomic E-state index is 0.0255. The minimum Gasteiger partial charge on any atom is -0.456 e. The van der Waals surface area contributed by atoms with Gasteiger partial charge in [0.2, 0.25) is 0 Å². The lowest BCUT2D eigenvalue weighted by Gasteiger charge is -2.29. The maximum Gasteiger partial charge on any atom is 0.264 e. The van der Waals surface area contributed by atoms with Crippen molar-refractivity contribution in [3.05, 3.63) is 77.2 Å². The van der Waals surface area contributed by atoms with Crippen molar-refractivity contribution in [3.63, 3.8) is 0 Å². The smallest absolute Gasteiger partial charge is 0.264 e. The SMILES string of the molecule is Cc1c(C(=O)Sc2nc3ccccc3o2)oc2c1/C(=N\Nc1ccccc1)CC(C)(C)C2. The van der Waals surface area contributed by atoms with Gasteiger partial charge >= 0.3 is 0 Å². The number of aromatic nitrogens is 1. The van der Waals surface area contributed by atoms with Crippen LogP contribution in [0.2, 0.25) is 0 Å². The van der Waals surface area contributed by atoms with Crippen LogP contribution in [0, 0.1) is 12.3 Å². The molecule has 0 fully saturated rings. The summed E-state index contributed by atoms with van der Waals surface area (Å²) in [6.07, 6.45) is 1.53. The van der Waals surface area contributed by atoms with E-state index in [4.69, 9.17) is 13.9 Å². The second-order valence-corrected chi connectivity index (χ2v) is 9.67. The number of furan rings is 1. The van der Waals surface area contributed by atoms with Crippen molar-refractivity contribution in [1.82, 2.24) is 4.98 Å². The van der Waals surface area contributed by atoms with Gasteiger partial charge in [0.25, 0.3) is 10.3 Å². The molecule has 0 bridgehead atoms. The van der Waals surface area contributed by atoms with Crippen LogP contribution in [0.25, 0.3) is 11.1 Å². The number of anilines is 1. The Morgan fingerprint density at radius 3 is 2.59 bits per heavy atom. The fraction of sp³-hybridized carbons (Fsp3) is 0.240. The third-order valence-corrected chi connectivity index (χ3v) is 6.25. The first-order chi connectivity index (χ1) is 15.4. The molecule has 1 aliphatic rings. The van der Waals surface area contributed by atoms with Crippen molar-refractivity contribution < 1.29 is 13.6 Å². The quantitative estimate of drug-likeness (QED) is 0.287. The number of rotatable bonds is 4. The number of hydrogen-bond acceptors (Lipinski definition) is 7. The molecule has 2 aromatic carbocycles. The summed E-state index contributed by atoms with van der Waals surface area (Å²) < 4.78 is 11.8. The molecule has 2 heterocycles. The summed E-state index contributed by atoms with van der Waals surface area (Å²) in [5.41, 5.74) is 8.03. The van der Waals surface area contributed by atoms with Crippen LogP contribution in [0.5, 0.6) is 0 Å². The Labute approximate surface area is 190 Å². The Kier molecular flexibility index (Phi) is 5.13. The summed E-state index contributed by atoms with van der Waals surface area (Å²) in [7, 11) is 0. The second-order valence-electron chi connectivity index (χ2n) is 8.75. The number of hydrazone groups is 1. The number of hydrogen-bond donors (Lipinski definition) is 1. The highest BCUT2D eigenvalue weighted by molar-refractivity contribution is 8.13. The first-order valence-corrected chi connectivity index (χ1v) is 11.3. The number of para-hydroxylation sites is 3. The number of benzene rings is 2. The van der Waals surface area contributed by atoms with Crippen LogP contribution in [0.4, 0.5) is 5.69 Å². The molecule has 1 N–H and O–H groups in total. The molecule has 0 spiro atoms. The lowest BCUT2D eigenvalue weighted by Crippen LogP contribution is -2.27. The molecule has 0 saturated heterocycles. The number of thioether (sulfide) groups is 1. The Bertz CT molecular complexity index is 1300. The van der Waals surface area contributed by atoms with Gasteiger partial charge in [0.1, 0.15) is 11.3 Å². The predicted octanol–water partition coefficient (Wildman–Crippen LogP) is 6.45. The van der Waals surface area contributed by atoms with Gasteiger partial charge in [-0.3, -0.25) is 10.2 Å². The van der Waals surface area contributed by atoms with Gasteiger partial charge in [0.15, 0.2) is 11.3 Å². The van der Waals surface area contributed by atoms with Gasteiger partial charge in [-0.15, -0.1) is 0 Å². The van der Waals surface area contributed by atoms with Crippen molar-refractivity contribution in [3.8, 4) is 0 Å². The summed E-state index contributed by atoms with van der Waals surface area (Å²) in [5, 5.41) is 4.78. The third-order valence-electron chi connectivity index (χ3n) is 5.53. The van der Waals surface area contributed by atoms with Crippen LogP contribution in [-0.2, 0) is 6.42 Å². The number of carbonyl (C=O) groups excluding carboxylic acids is 1. The number of fused-ring (bicyclic) bond motifs is 2. The van der Waals surface area contributed by atoms with E-state index in [0.717, 1.165) is 58.4 Å². The summed E-state index contributed by atoms with van der Waals surface area (Å²) in [5.74, 6) is 1.13. The van der Waals surface area contributed by atoms with E-state index in [9.17, 15) is 4.79 Å². The minimum atomic E-state index is -0.225. The van der Waals surface area contributed by atoms with E-state index in [0.29, 0.717) is 16.6 Å². The van der Waals surface area contributed by atoms with E-state index in [1.165, 1.54) is 0 Å². The molecule has 0 amide bonds. The number of nitrogens with zero attached hydrogens (tertiary/aromatic N) is 2. The highest BCUT2D eigenvalue weighted by Gasteiger charge is 2.36. The van der Waals surface area contributed by atoms with Crippen molar-refractivity contribution in [2.24, 2.45) is 10.5 Å². The first kappa shape index (κ1) is 20.6. The van der Waals surface area contributed by atoms with Gasteiger partial charge in [0, 0.05) is 29.3 Å². The zero-order valence-electron chi connectivity index (χ0n) is 18.1. The molecule has 0 unspecified atom stereocenters. The lowest BCUT2D eigenvalue weighted by atomic mass is 9.75. The van der Waals surface area contributed by atoms with Gasteiger partial charge in [-0.05, 0) is 43.0 Å². The molecule has 0 saturated carbocycles. The van der Waals surface area contributed by atoms with Gasteiger partial charge < -0.3 is 8.83 Å². The molecule has 5 rings (SSSR count). The number of carbonyl (C=O) groups is 1. The monoisotopic (exact) mass is 445 g/mol. The molecule has 0 radical (unpaired) electrons. The van der Waals surface area contributed by atoms with E-state index in [-0.39, 0.29) is 10.5 Å². The number of nitrogens with one attached hydrogen (secondary N) is 1. The first-order valence-electron chi connectivity index (χ1n) is 10.5. The predicted molar refractivity (Wildman–Crippen MR) is 126 cm³/mol. The molecule has 6 nitrogen and oxygen atoms in total. The van der Waals surface area contributed by atoms with Crippen LogP contribution >= 0.6 is 11.8 Å². The summed E-state index contributed by atoms with van der Waals surface area (Å²) >= 11 is 0.945. The van der Waals surface area contributed by atoms with Crippen molar-refractivity contribution in [2.75, 3.05) is 5.43 Å². The highest BCUT2D eigenvalue weighted by atomic mass is 32.2. The van der Waals surface area contributed by atoms with E-state index < -0.39 is 0 Å². The normalized spacial score (nSPS) is 16.3. The highest BCUT2D eigenvalue weighted by Crippen LogP contribution is 2.40. The topological polar surface area (TPSA) is 80.6 Å². The molecule has 32 heavy (non-hydrogen) atoms. The second kappa shape index (κ2) is 7.98. The van der Waals surface area contributed by atoms with Gasteiger partial charge in [-0.2, -0.15) is 5.10 Å². The van der Waals surface area contributed by atoms with Gasteiger partial charge in [-0.1, -0.05) is 44.2 Å². The average Bonchev–Trinajstić information content (AvgIpc) is 3.32. The number of oxazole rings is 1. The van der Waals surface area contributed by atoms with E-state index >= 15 is 0 Å². The molecule has 0 aliphatic heterocycles. The maximum atomic E-state index is 13.1. The molecule has 162 valence electrons. The molecule has 2 aromatic heterocycles. The zero-order valence-corrected chi connectivity index (χ0v) is 19.0. The Balaban J connectivity index is 1.46. The Morgan fingerprint density at radius 2 is 1.81 bits per heavy atom. The van der Waals surface area contributed by atoms with Crippen LogP contribution < -0.4 is 5.43 Å². The largest absolute Gasteiger partial charge is 0.456 e. The fourth-order valence-electron chi connectivity index (χ4n) is 4.07. The summed E-state index contributed by atoms with van der Waals surface area (Å²) in [6.45, 7) is 6.28. The van der Waals surface area contributed by atoms with Crippen molar-refractivity contribution >= 4 is 39.4 Å². The van der Waals surface area contributed by atoms with Gasteiger partial charge in [0.05, 0.1) is 11.4 Å². The molecular formula is C25H23N3O3S. The summed E-state index contributed by atoms with van der Waals surface area (Å²) in [4.78, 5) is 17.5. The van der Waals surface area contributed by atoms with Crippen LogP contribution in [0.3, 0.4) is 0 Å². The average molecular weight is 446 g/mol.